The lowest BCUT2D eigenvalue weighted by molar-refractivity contribution is 0.0948. The fraction of sp³-hybridized carbons (Fsp3) is 0.158. The van der Waals surface area contributed by atoms with Gasteiger partial charge >= 0.3 is 0 Å². The van der Waals surface area contributed by atoms with Crippen LogP contribution >= 0.6 is 11.3 Å². The standard InChI is InChI=1S/C19H17N3O6S3/c1-28-14-3-5-15(6-4-14)31(26,27)22-19-21-16-7-2-12(10-17(16)29-19)18(23)20-13-8-9-30(24,25)11-13/h2-10,13H,11H2,1H3,(H,20,23)(H,21,22)/t13-/m1/s1. The molecule has 0 radical (unpaired) electrons. The summed E-state index contributed by atoms with van der Waals surface area (Å²) in [5.74, 6) is -0.0587. The Labute approximate surface area is 182 Å². The van der Waals surface area contributed by atoms with E-state index in [1.54, 1.807) is 30.3 Å². The van der Waals surface area contributed by atoms with Gasteiger partial charge in [-0.05, 0) is 48.5 Å². The van der Waals surface area contributed by atoms with Crippen molar-refractivity contribution in [1.82, 2.24) is 10.3 Å². The summed E-state index contributed by atoms with van der Waals surface area (Å²) in [6, 6.07) is 10.1. The summed E-state index contributed by atoms with van der Waals surface area (Å²) in [5, 5.41) is 3.90. The van der Waals surface area contributed by atoms with Gasteiger partial charge in [-0.15, -0.1) is 0 Å². The van der Waals surface area contributed by atoms with Crippen LogP contribution < -0.4 is 14.8 Å². The Morgan fingerprint density at radius 3 is 2.58 bits per heavy atom. The van der Waals surface area contributed by atoms with E-state index in [4.69, 9.17) is 4.74 Å². The van der Waals surface area contributed by atoms with Crippen molar-refractivity contribution < 1.29 is 26.4 Å². The minimum Gasteiger partial charge on any atom is -0.497 e. The molecular formula is C19H17N3O6S3. The highest BCUT2D eigenvalue weighted by molar-refractivity contribution is 7.94. The second-order valence-corrected chi connectivity index (χ2v) is 11.4. The van der Waals surface area contributed by atoms with Gasteiger partial charge in [-0.3, -0.25) is 9.52 Å². The predicted molar refractivity (Wildman–Crippen MR) is 118 cm³/mol. The minimum atomic E-state index is -3.84. The Morgan fingerprint density at radius 1 is 1.19 bits per heavy atom. The lowest BCUT2D eigenvalue weighted by Gasteiger charge is -2.09. The Bertz CT molecular complexity index is 1390. The van der Waals surface area contributed by atoms with Crippen molar-refractivity contribution in [3.8, 4) is 5.75 Å². The van der Waals surface area contributed by atoms with Crippen LogP contribution in [0.3, 0.4) is 0 Å². The maximum Gasteiger partial charge on any atom is 0.263 e. The third kappa shape index (κ3) is 4.70. The molecule has 4 rings (SSSR count). The number of fused-ring (bicyclic) bond motifs is 1. The molecule has 1 aliphatic rings. The third-order valence-corrected chi connectivity index (χ3v) is 8.30. The highest BCUT2D eigenvalue weighted by Crippen LogP contribution is 2.29. The average molecular weight is 480 g/mol. The topological polar surface area (TPSA) is 132 Å². The molecule has 0 aliphatic carbocycles. The van der Waals surface area contributed by atoms with Crippen LogP contribution in [-0.4, -0.2) is 46.6 Å². The zero-order valence-corrected chi connectivity index (χ0v) is 18.6. The number of sulfonamides is 1. The molecular weight excluding hydrogens is 462 g/mol. The maximum absolute atomic E-state index is 12.6. The fourth-order valence-electron chi connectivity index (χ4n) is 2.96. The van der Waals surface area contributed by atoms with Crippen LogP contribution in [0.2, 0.25) is 0 Å². The maximum atomic E-state index is 12.6. The Kier molecular flexibility index (Phi) is 5.45. The number of hydrogen-bond acceptors (Lipinski definition) is 8. The average Bonchev–Trinajstić information content (AvgIpc) is 3.28. The van der Waals surface area contributed by atoms with E-state index < -0.39 is 31.8 Å². The van der Waals surface area contributed by atoms with E-state index in [1.807, 2.05) is 0 Å². The number of amides is 1. The van der Waals surface area contributed by atoms with E-state index >= 15 is 0 Å². The first-order valence-electron chi connectivity index (χ1n) is 8.94. The number of nitrogens with one attached hydrogen (secondary N) is 2. The van der Waals surface area contributed by atoms with E-state index in [1.165, 1.54) is 25.3 Å². The Hall–Kier alpha value is -2.96. The first-order valence-corrected chi connectivity index (χ1v) is 13.0. The molecule has 12 heteroatoms. The second kappa shape index (κ2) is 7.94. The number of anilines is 1. The van der Waals surface area contributed by atoms with E-state index in [-0.39, 0.29) is 15.8 Å². The van der Waals surface area contributed by atoms with Gasteiger partial charge in [0.15, 0.2) is 15.0 Å². The van der Waals surface area contributed by atoms with Crippen LogP contribution in [0.4, 0.5) is 5.13 Å². The van der Waals surface area contributed by atoms with Crippen LogP contribution in [0.15, 0.2) is 58.8 Å². The monoisotopic (exact) mass is 479 g/mol. The van der Waals surface area contributed by atoms with Crippen molar-refractivity contribution in [1.29, 1.82) is 0 Å². The first kappa shape index (κ1) is 21.3. The highest BCUT2D eigenvalue weighted by Gasteiger charge is 2.24. The zero-order valence-electron chi connectivity index (χ0n) is 16.1. The molecule has 0 bridgehead atoms. The van der Waals surface area contributed by atoms with Crippen molar-refractivity contribution in [2.45, 2.75) is 10.9 Å². The van der Waals surface area contributed by atoms with Crippen molar-refractivity contribution in [3.63, 3.8) is 0 Å². The Balaban J connectivity index is 1.52. The molecule has 0 fully saturated rings. The van der Waals surface area contributed by atoms with Crippen molar-refractivity contribution in [3.05, 3.63) is 59.5 Å². The molecule has 1 atom stereocenters. The number of ether oxygens (including phenoxy) is 1. The molecule has 3 aromatic rings. The van der Waals surface area contributed by atoms with Gasteiger partial charge in [0.1, 0.15) is 5.75 Å². The molecule has 2 heterocycles. The lowest BCUT2D eigenvalue weighted by atomic mass is 10.2. The SMILES string of the molecule is COc1ccc(S(=O)(=O)Nc2nc3ccc(C(=O)N[C@@H]4C=CS(=O)(=O)C4)cc3s2)cc1. The minimum absolute atomic E-state index is 0.0622. The predicted octanol–water partition coefficient (Wildman–Crippen LogP) is 2.15. The first-order chi connectivity index (χ1) is 14.6. The summed E-state index contributed by atoms with van der Waals surface area (Å²) >= 11 is 1.08. The molecule has 2 aromatic carbocycles. The molecule has 0 unspecified atom stereocenters. The molecule has 162 valence electrons. The quantitative estimate of drug-likeness (QED) is 0.554. The summed E-state index contributed by atoms with van der Waals surface area (Å²) < 4.78 is 56.2. The van der Waals surface area contributed by atoms with E-state index in [9.17, 15) is 21.6 Å². The molecule has 31 heavy (non-hydrogen) atoms. The van der Waals surface area contributed by atoms with Gasteiger partial charge in [-0.25, -0.2) is 21.8 Å². The second-order valence-electron chi connectivity index (χ2n) is 6.72. The highest BCUT2D eigenvalue weighted by atomic mass is 32.2. The number of benzene rings is 2. The smallest absolute Gasteiger partial charge is 0.263 e. The zero-order chi connectivity index (χ0) is 22.2. The summed E-state index contributed by atoms with van der Waals surface area (Å²) in [6.07, 6.45) is 1.44. The van der Waals surface area contributed by atoms with Gasteiger partial charge in [0.2, 0.25) is 0 Å². The molecule has 0 saturated heterocycles. The fourth-order valence-corrected chi connectivity index (χ4v) is 6.33. The van der Waals surface area contributed by atoms with Crippen molar-refractivity contribution in [2.75, 3.05) is 17.6 Å². The van der Waals surface area contributed by atoms with Crippen LogP contribution in [0.25, 0.3) is 10.2 Å². The number of hydrogen-bond donors (Lipinski definition) is 2. The van der Waals surface area contributed by atoms with Gasteiger partial charge in [-0.1, -0.05) is 11.3 Å². The number of sulfone groups is 1. The molecule has 1 amide bonds. The number of thiazole rings is 1. The number of rotatable bonds is 6. The summed E-state index contributed by atoms with van der Waals surface area (Å²) in [6.45, 7) is 0. The molecule has 1 aromatic heterocycles. The van der Waals surface area contributed by atoms with Crippen molar-refractivity contribution in [2.24, 2.45) is 0 Å². The number of methoxy groups -OCH3 is 1. The molecule has 0 spiro atoms. The van der Waals surface area contributed by atoms with Crippen LogP contribution in [0, 0.1) is 0 Å². The van der Waals surface area contributed by atoms with Gasteiger partial charge in [0.05, 0.1) is 34.0 Å². The lowest BCUT2D eigenvalue weighted by Crippen LogP contribution is -2.35. The summed E-state index contributed by atoms with van der Waals surface area (Å²) in [5.41, 5.74) is 0.843. The normalized spacial score (nSPS) is 17.5. The molecule has 0 saturated carbocycles. The summed E-state index contributed by atoms with van der Waals surface area (Å²) in [4.78, 5) is 16.8. The van der Waals surface area contributed by atoms with E-state index in [0.29, 0.717) is 21.5 Å². The van der Waals surface area contributed by atoms with E-state index in [2.05, 4.69) is 15.0 Å². The van der Waals surface area contributed by atoms with E-state index in [0.717, 1.165) is 16.7 Å². The van der Waals surface area contributed by atoms with Gasteiger partial charge in [0, 0.05) is 11.0 Å². The number of aromatic nitrogens is 1. The van der Waals surface area contributed by atoms with Gasteiger partial charge < -0.3 is 10.1 Å². The number of carbonyl (C=O) groups is 1. The molecule has 2 N–H and O–H groups in total. The van der Waals surface area contributed by atoms with Crippen LogP contribution in [0.5, 0.6) is 5.75 Å². The van der Waals surface area contributed by atoms with Crippen molar-refractivity contribution >= 4 is 52.5 Å². The number of carbonyl (C=O) groups excluding carboxylic acids is 1. The largest absolute Gasteiger partial charge is 0.497 e. The molecule has 9 nitrogen and oxygen atoms in total. The summed E-state index contributed by atoms with van der Waals surface area (Å²) in [7, 11) is -5.63. The van der Waals surface area contributed by atoms with Gasteiger partial charge in [0.25, 0.3) is 15.9 Å². The van der Waals surface area contributed by atoms with Crippen LogP contribution in [-0.2, 0) is 19.9 Å². The molecule has 1 aliphatic heterocycles. The number of nitrogens with zero attached hydrogens (tertiary/aromatic N) is 1. The Morgan fingerprint density at radius 2 is 1.94 bits per heavy atom. The third-order valence-electron chi connectivity index (χ3n) is 4.49. The van der Waals surface area contributed by atoms with Crippen LogP contribution in [0.1, 0.15) is 10.4 Å². The van der Waals surface area contributed by atoms with Gasteiger partial charge in [-0.2, -0.15) is 0 Å².